The van der Waals surface area contributed by atoms with E-state index in [1.54, 1.807) is 0 Å². The molecule has 0 unspecified atom stereocenters. The lowest BCUT2D eigenvalue weighted by atomic mass is 9.75. The largest absolute Gasteiger partial charge is 0.336 e. The topological polar surface area (TPSA) is 61.9 Å². The highest BCUT2D eigenvalue weighted by Gasteiger charge is 2.31. The summed E-state index contributed by atoms with van der Waals surface area (Å²) in [5, 5.41) is 6.33. The molecule has 5 heteroatoms. The number of nitrogens with zero attached hydrogens (tertiary/aromatic N) is 3. The predicted octanol–water partition coefficient (Wildman–Crippen LogP) is 1.70. The average Bonchev–Trinajstić information content (AvgIpc) is 2.80. The Kier molecular flexibility index (Phi) is 3.17. The van der Waals surface area contributed by atoms with E-state index in [4.69, 9.17) is 0 Å². The van der Waals surface area contributed by atoms with Crippen LogP contribution in [0.25, 0.3) is 0 Å². The Morgan fingerprint density at radius 1 is 1.41 bits per heavy atom. The van der Waals surface area contributed by atoms with Crippen molar-refractivity contribution in [2.24, 2.45) is 11.3 Å². The fourth-order valence-corrected chi connectivity index (χ4v) is 2.41. The van der Waals surface area contributed by atoms with E-state index in [-0.39, 0.29) is 5.91 Å². The quantitative estimate of drug-likeness (QED) is 0.807. The first-order valence-electron chi connectivity index (χ1n) is 6.13. The minimum Gasteiger partial charge on any atom is -0.336 e. The number of aromatic amines is 1. The van der Waals surface area contributed by atoms with Gasteiger partial charge in [0.15, 0.2) is 0 Å². The molecular formula is C12H20N4O. The molecule has 1 saturated heterocycles. The number of aromatic nitrogens is 3. The number of H-pyrrole nitrogens is 1. The fourth-order valence-electron chi connectivity index (χ4n) is 2.41. The highest BCUT2D eigenvalue weighted by atomic mass is 16.2. The maximum atomic E-state index is 12.0. The Morgan fingerprint density at radius 2 is 2.06 bits per heavy atom. The van der Waals surface area contributed by atoms with Crippen LogP contribution in [0.4, 0.5) is 0 Å². The second-order valence-electron chi connectivity index (χ2n) is 5.77. The summed E-state index contributed by atoms with van der Waals surface area (Å²) in [4.78, 5) is 17.8. The van der Waals surface area contributed by atoms with Crippen molar-refractivity contribution in [2.75, 3.05) is 13.1 Å². The summed E-state index contributed by atoms with van der Waals surface area (Å²) in [7, 11) is 0. The van der Waals surface area contributed by atoms with Crippen molar-refractivity contribution in [3.05, 3.63) is 12.2 Å². The summed E-state index contributed by atoms with van der Waals surface area (Å²) in [6, 6.07) is 0. The molecule has 1 fully saturated rings. The summed E-state index contributed by atoms with van der Waals surface area (Å²) in [6.45, 7) is 8.45. The maximum absolute atomic E-state index is 12.0. The van der Waals surface area contributed by atoms with Crippen molar-refractivity contribution in [3.63, 3.8) is 0 Å². The zero-order chi connectivity index (χ0) is 12.5. The lowest BCUT2D eigenvalue weighted by Gasteiger charge is -2.38. The average molecular weight is 236 g/mol. The maximum Gasteiger partial charge on any atom is 0.291 e. The first-order valence-corrected chi connectivity index (χ1v) is 6.13. The van der Waals surface area contributed by atoms with Gasteiger partial charge in [-0.2, -0.15) is 5.10 Å². The third-order valence-corrected chi connectivity index (χ3v) is 3.62. The monoisotopic (exact) mass is 236 g/mol. The van der Waals surface area contributed by atoms with Crippen LogP contribution in [-0.2, 0) is 0 Å². The van der Waals surface area contributed by atoms with Crippen molar-refractivity contribution >= 4 is 5.91 Å². The van der Waals surface area contributed by atoms with Crippen LogP contribution in [0.2, 0.25) is 0 Å². The van der Waals surface area contributed by atoms with Crippen molar-refractivity contribution in [1.29, 1.82) is 0 Å². The van der Waals surface area contributed by atoms with Gasteiger partial charge in [0.25, 0.3) is 5.91 Å². The highest BCUT2D eigenvalue weighted by Crippen LogP contribution is 2.34. The van der Waals surface area contributed by atoms with Crippen molar-refractivity contribution in [1.82, 2.24) is 20.1 Å². The van der Waals surface area contributed by atoms with E-state index in [0.717, 1.165) is 25.9 Å². The first-order chi connectivity index (χ1) is 7.98. The van der Waals surface area contributed by atoms with Crippen LogP contribution in [0, 0.1) is 11.3 Å². The predicted molar refractivity (Wildman–Crippen MR) is 64.5 cm³/mol. The van der Waals surface area contributed by atoms with E-state index in [0.29, 0.717) is 17.2 Å². The van der Waals surface area contributed by atoms with E-state index in [9.17, 15) is 4.79 Å². The van der Waals surface area contributed by atoms with Gasteiger partial charge in [0.1, 0.15) is 6.33 Å². The number of likely N-dealkylation sites (tertiary alicyclic amines) is 1. The van der Waals surface area contributed by atoms with Gasteiger partial charge in [-0.15, -0.1) is 0 Å². The Morgan fingerprint density at radius 3 is 2.53 bits per heavy atom. The van der Waals surface area contributed by atoms with Gasteiger partial charge < -0.3 is 4.90 Å². The molecule has 0 aliphatic carbocycles. The molecule has 1 aromatic rings. The van der Waals surface area contributed by atoms with Gasteiger partial charge in [-0.3, -0.25) is 9.89 Å². The van der Waals surface area contributed by atoms with Crippen LogP contribution < -0.4 is 0 Å². The molecule has 1 amide bonds. The smallest absolute Gasteiger partial charge is 0.291 e. The molecule has 1 N–H and O–H groups in total. The van der Waals surface area contributed by atoms with Crippen LogP contribution in [-0.4, -0.2) is 39.1 Å². The normalized spacial score (nSPS) is 18.4. The molecular weight excluding hydrogens is 216 g/mol. The summed E-state index contributed by atoms with van der Waals surface area (Å²) in [5.74, 6) is 1.01. The van der Waals surface area contributed by atoms with Crippen LogP contribution in [0.1, 0.15) is 44.2 Å². The lowest BCUT2D eigenvalue weighted by molar-refractivity contribution is 0.0597. The molecule has 1 aromatic heterocycles. The molecule has 0 aromatic carbocycles. The molecule has 17 heavy (non-hydrogen) atoms. The van der Waals surface area contributed by atoms with Gasteiger partial charge >= 0.3 is 0 Å². The Hall–Kier alpha value is -1.39. The lowest BCUT2D eigenvalue weighted by Crippen LogP contribution is -2.41. The van der Waals surface area contributed by atoms with Gasteiger partial charge in [-0.05, 0) is 24.2 Å². The number of carbonyl (C=O) groups is 1. The van der Waals surface area contributed by atoms with E-state index in [1.165, 1.54) is 6.33 Å². The number of amides is 1. The number of carbonyl (C=O) groups excluding carboxylic acids is 1. The van der Waals surface area contributed by atoms with Gasteiger partial charge in [-0.25, -0.2) is 4.98 Å². The zero-order valence-corrected chi connectivity index (χ0v) is 10.7. The highest BCUT2D eigenvalue weighted by molar-refractivity contribution is 5.90. The van der Waals surface area contributed by atoms with Crippen molar-refractivity contribution in [3.8, 4) is 0 Å². The van der Waals surface area contributed by atoms with Crippen LogP contribution in [0.15, 0.2) is 6.33 Å². The third-order valence-electron chi connectivity index (χ3n) is 3.62. The number of piperidine rings is 1. The molecule has 0 spiro atoms. The van der Waals surface area contributed by atoms with Gasteiger partial charge in [0.05, 0.1) is 0 Å². The van der Waals surface area contributed by atoms with Crippen molar-refractivity contribution < 1.29 is 4.79 Å². The van der Waals surface area contributed by atoms with E-state index < -0.39 is 0 Å². The van der Waals surface area contributed by atoms with Gasteiger partial charge in [0, 0.05) is 13.1 Å². The molecule has 2 rings (SSSR count). The van der Waals surface area contributed by atoms with Crippen LogP contribution in [0.5, 0.6) is 0 Å². The van der Waals surface area contributed by atoms with Gasteiger partial charge in [0.2, 0.25) is 5.82 Å². The van der Waals surface area contributed by atoms with E-state index in [2.05, 4.69) is 36.0 Å². The van der Waals surface area contributed by atoms with Crippen molar-refractivity contribution in [2.45, 2.75) is 33.6 Å². The molecule has 1 aliphatic heterocycles. The Balaban J connectivity index is 1.94. The second kappa shape index (κ2) is 4.47. The third kappa shape index (κ3) is 2.65. The first kappa shape index (κ1) is 12.1. The molecule has 0 atom stereocenters. The fraction of sp³-hybridized carbons (Fsp3) is 0.750. The Bertz CT molecular complexity index is 372. The standard InChI is InChI=1S/C12H20N4O/c1-12(2,3)9-4-6-16(7-5-9)11(17)10-13-8-14-15-10/h8-9H,4-7H2,1-3H3,(H,13,14,15). The summed E-state index contributed by atoms with van der Waals surface area (Å²) in [6.07, 6.45) is 3.52. The van der Waals surface area contributed by atoms with E-state index >= 15 is 0 Å². The molecule has 0 saturated carbocycles. The zero-order valence-electron chi connectivity index (χ0n) is 10.7. The molecule has 0 bridgehead atoms. The summed E-state index contributed by atoms with van der Waals surface area (Å²) in [5.41, 5.74) is 0.335. The number of hydrogen-bond acceptors (Lipinski definition) is 3. The SMILES string of the molecule is CC(C)(C)C1CCN(C(=O)c2ncn[nH]2)CC1. The second-order valence-corrected chi connectivity index (χ2v) is 5.77. The number of rotatable bonds is 1. The van der Waals surface area contributed by atoms with E-state index in [1.807, 2.05) is 4.90 Å². The minimum atomic E-state index is -0.0325. The number of nitrogens with one attached hydrogen (secondary N) is 1. The molecule has 5 nitrogen and oxygen atoms in total. The Labute approximate surface area is 102 Å². The molecule has 2 heterocycles. The minimum absolute atomic E-state index is 0.0325. The number of hydrogen-bond donors (Lipinski definition) is 1. The molecule has 1 aliphatic rings. The van der Waals surface area contributed by atoms with Gasteiger partial charge in [-0.1, -0.05) is 20.8 Å². The molecule has 94 valence electrons. The van der Waals surface area contributed by atoms with Crippen LogP contribution in [0.3, 0.4) is 0 Å². The summed E-state index contributed by atoms with van der Waals surface area (Å²) >= 11 is 0. The molecule has 0 radical (unpaired) electrons. The van der Waals surface area contributed by atoms with Crippen LogP contribution >= 0.6 is 0 Å². The summed E-state index contributed by atoms with van der Waals surface area (Å²) < 4.78 is 0.